The average Bonchev–Trinajstić information content (AvgIpc) is 2.70. The molecule has 0 bridgehead atoms. The molecule has 0 aromatic heterocycles. The number of rotatable bonds is 6. The van der Waals surface area contributed by atoms with E-state index < -0.39 is 10.1 Å². The fraction of sp³-hybridized carbons (Fsp3) is 0. The van der Waals surface area contributed by atoms with Crippen LogP contribution in [0.3, 0.4) is 0 Å². The minimum atomic E-state index is -3.86. The highest BCUT2D eigenvalue weighted by atomic mass is 32.2. The quantitative estimate of drug-likeness (QED) is 0.278. The van der Waals surface area contributed by atoms with Crippen LogP contribution in [0, 0.1) is 0 Å². The molecule has 0 amide bonds. The number of hydrogen-bond acceptors (Lipinski definition) is 5. The first kappa shape index (κ1) is 19.5. The van der Waals surface area contributed by atoms with Gasteiger partial charge in [0.1, 0.15) is 10.6 Å². The number of hydrazone groups is 1. The molecule has 142 valence electrons. The first-order chi connectivity index (χ1) is 13.5. The van der Waals surface area contributed by atoms with Crippen LogP contribution in [0.25, 0.3) is 0 Å². The van der Waals surface area contributed by atoms with Crippen LogP contribution < -0.4 is 14.9 Å². The Labute approximate surface area is 169 Å². The molecule has 0 aliphatic carbocycles. The number of nitrogens with zero attached hydrogens (tertiary/aromatic N) is 1. The van der Waals surface area contributed by atoms with Gasteiger partial charge in [-0.1, -0.05) is 36.4 Å². The van der Waals surface area contributed by atoms with E-state index >= 15 is 0 Å². The predicted molar refractivity (Wildman–Crippen MR) is 114 cm³/mol. The summed E-state index contributed by atoms with van der Waals surface area (Å²) in [5.74, 6) is 0.218. The molecule has 3 aromatic carbocycles. The monoisotopic (exact) mass is 411 g/mol. The Bertz CT molecular complexity index is 1050. The first-order valence-electron chi connectivity index (χ1n) is 8.28. The summed E-state index contributed by atoms with van der Waals surface area (Å²) in [6.07, 6.45) is 1.56. The second-order valence-corrected chi connectivity index (χ2v) is 7.56. The number of hydrogen-bond donors (Lipinski definition) is 2. The van der Waals surface area contributed by atoms with Gasteiger partial charge in [0.25, 0.3) is 0 Å². The van der Waals surface area contributed by atoms with Gasteiger partial charge in [-0.15, -0.1) is 0 Å². The van der Waals surface area contributed by atoms with Crippen LogP contribution in [0.15, 0.2) is 94.9 Å². The molecule has 2 N–H and O–H groups in total. The highest BCUT2D eigenvalue weighted by molar-refractivity contribution is 7.87. The van der Waals surface area contributed by atoms with Gasteiger partial charge in [0.05, 0.1) is 6.21 Å². The fourth-order valence-corrected chi connectivity index (χ4v) is 3.34. The zero-order chi connectivity index (χ0) is 19.8. The van der Waals surface area contributed by atoms with Crippen LogP contribution in [-0.4, -0.2) is 19.7 Å². The molecule has 28 heavy (non-hydrogen) atoms. The van der Waals surface area contributed by atoms with E-state index in [9.17, 15) is 8.42 Å². The van der Waals surface area contributed by atoms with Crippen molar-refractivity contribution in [2.75, 3.05) is 5.32 Å². The van der Waals surface area contributed by atoms with Gasteiger partial charge in [0.15, 0.2) is 5.11 Å². The van der Waals surface area contributed by atoms with E-state index in [1.54, 1.807) is 48.7 Å². The Morgan fingerprint density at radius 2 is 1.50 bits per heavy atom. The SMILES string of the molecule is O=S(=O)(Oc1ccc(/C=N/NC(=S)Nc2ccccc2)cc1)c1ccccc1. The summed E-state index contributed by atoms with van der Waals surface area (Å²) in [6, 6.07) is 24.0. The smallest absolute Gasteiger partial charge is 0.339 e. The molecule has 0 saturated heterocycles. The molecule has 3 rings (SSSR count). The summed E-state index contributed by atoms with van der Waals surface area (Å²) in [7, 11) is -3.86. The number of para-hydroxylation sites is 1. The second-order valence-electron chi connectivity index (χ2n) is 5.61. The predicted octanol–water partition coefficient (Wildman–Crippen LogP) is 3.77. The molecule has 0 spiro atoms. The van der Waals surface area contributed by atoms with Crippen molar-refractivity contribution < 1.29 is 12.6 Å². The average molecular weight is 412 g/mol. The molecular formula is C20H17N3O3S2. The Kier molecular flexibility index (Phi) is 6.36. The molecule has 0 saturated carbocycles. The maximum absolute atomic E-state index is 12.2. The summed E-state index contributed by atoms with van der Waals surface area (Å²) in [6.45, 7) is 0. The highest BCUT2D eigenvalue weighted by Gasteiger charge is 2.15. The van der Waals surface area contributed by atoms with Crippen molar-refractivity contribution in [3.05, 3.63) is 90.5 Å². The third-order valence-electron chi connectivity index (χ3n) is 3.53. The summed E-state index contributed by atoms with van der Waals surface area (Å²) in [5.41, 5.74) is 4.32. The van der Waals surface area contributed by atoms with E-state index in [1.807, 2.05) is 30.3 Å². The molecule has 0 atom stereocenters. The minimum absolute atomic E-state index is 0.101. The van der Waals surface area contributed by atoms with Crippen molar-refractivity contribution in [3.63, 3.8) is 0 Å². The normalized spacial score (nSPS) is 11.1. The molecule has 0 unspecified atom stereocenters. The Morgan fingerprint density at radius 3 is 2.14 bits per heavy atom. The third kappa shape index (κ3) is 5.63. The number of thiocarbonyl (C=S) groups is 1. The molecule has 0 aliphatic rings. The van der Waals surface area contributed by atoms with Gasteiger partial charge in [-0.05, 0) is 66.3 Å². The lowest BCUT2D eigenvalue weighted by Gasteiger charge is -2.07. The molecule has 0 aliphatic heterocycles. The van der Waals surface area contributed by atoms with Gasteiger partial charge in [-0.2, -0.15) is 13.5 Å². The van der Waals surface area contributed by atoms with Gasteiger partial charge < -0.3 is 9.50 Å². The maximum atomic E-state index is 12.2. The third-order valence-corrected chi connectivity index (χ3v) is 4.98. The number of nitrogens with one attached hydrogen (secondary N) is 2. The zero-order valence-corrected chi connectivity index (χ0v) is 16.3. The number of anilines is 1. The topological polar surface area (TPSA) is 79.8 Å². The highest BCUT2D eigenvalue weighted by Crippen LogP contribution is 2.18. The van der Waals surface area contributed by atoms with Crippen molar-refractivity contribution in [1.29, 1.82) is 0 Å². The van der Waals surface area contributed by atoms with Crippen molar-refractivity contribution in [1.82, 2.24) is 5.43 Å². The van der Waals surface area contributed by atoms with Gasteiger partial charge in [-0.3, -0.25) is 5.43 Å². The molecule has 3 aromatic rings. The van der Waals surface area contributed by atoms with Crippen LogP contribution >= 0.6 is 12.2 Å². The van der Waals surface area contributed by atoms with E-state index in [0.717, 1.165) is 11.3 Å². The van der Waals surface area contributed by atoms with E-state index in [4.69, 9.17) is 16.4 Å². The van der Waals surface area contributed by atoms with Crippen LogP contribution in [0.5, 0.6) is 5.75 Å². The molecular weight excluding hydrogens is 394 g/mol. The van der Waals surface area contributed by atoms with Crippen LogP contribution in [-0.2, 0) is 10.1 Å². The number of benzene rings is 3. The summed E-state index contributed by atoms with van der Waals surface area (Å²) in [4.78, 5) is 0.101. The first-order valence-corrected chi connectivity index (χ1v) is 10.1. The van der Waals surface area contributed by atoms with E-state index in [2.05, 4.69) is 15.8 Å². The summed E-state index contributed by atoms with van der Waals surface area (Å²) in [5, 5.41) is 7.41. The van der Waals surface area contributed by atoms with Crippen molar-refractivity contribution >= 4 is 39.4 Å². The van der Waals surface area contributed by atoms with Gasteiger partial charge in [-0.25, -0.2) is 0 Å². The molecule has 8 heteroatoms. The summed E-state index contributed by atoms with van der Waals surface area (Å²) >= 11 is 5.16. The molecule has 0 fully saturated rings. The van der Waals surface area contributed by atoms with Gasteiger partial charge in [0.2, 0.25) is 0 Å². The van der Waals surface area contributed by atoms with Crippen molar-refractivity contribution in [2.45, 2.75) is 4.90 Å². The minimum Gasteiger partial charge on any atom is -0.379 e. The van der Waals surface area contributed by atoms with E-state index in [0.29, 0.717) is 5.11 Å². The van der Waals surface area contributed by atoms with E-state index in [-0.39, 0.29) is 10.6 Å². The largest absolute Gasteiger partial charge is 0.379 e. The van der Waals surface area contributed by atoms with Crippen LogP contribution in [0.4, 0.5) is 5.69 Å². The Morgan fingerprint density at radius 1 is 0.893 bits per heavy atom. The lowest BCUT2D eigenvalue weighted by atomic mass is 10.2. The molecule has 6 nitrogen and oxygen atoms in total. The summed E-state index contributed by atoms with van der Waals surface area (Å²) < 4.78 is 29.5. The van der Waals surface area contributed by atoms with Gasteiger partial charge >= 0.3 is 10.1 Å². The lowest BCUT2D eigenvalue weighted by molar-refractivity contribution is 0.486. The zero-order valence-electron chi connectivity index (χ0n) is 14.6. The van der Waals surface area contributed by atoms with Gasteiger partial charge in [0, 0.05) is 5.69 Å². The Balaban J connectivity index is 1.55. The second kappa shape index (κ2) is 9.12. The molecule has 0 radical (unpaired) electrons. The van der Waals surface area contributed by atoms with Crippen LogP contribution in [0.2, 0.25) is 0 Å². The fourth-order valence-electron chi connectivity index (χ4n) is 2.22. The molecule has 0 heterocycles. The van der Waals surface area contributed by atoms with Crippen LogP contribution in [0.1, 0.15) is 5.56 Å². The van der Waals surface area contributed by atoms with E-state index in [1.165, 1.54) is 12.1 Å². The Hall–Kier alpha value is -3.23. The maximum Gasteiger partial charge on any atom is 0.339 e. The van der Waals surface area contributed by atoms with Crippen molar-refractivity contribution in [2.24, 2.45) is 5.10 Å². The lowest BCUT2D eigenvalue weighted by Crippen LogP contribution is -2.23. The standard InChI is InChI=1S/C20H17N3O3S2/c24-28(25,19-9-5-2-6-10-19)26-18-13-11-16(12-14-18)15-21-23-20(27)22-17-7-3-1-4-8-17/h1-15H,(H2,22,23,27)/b21-15+. The van der Waals surface area contributed by atoms with Crippen molar-refractivity contribution in [3.8, 4) is 5.75 Å².